The molecular weight excluding hydrogens is 439 g/mol. The van der Waals surface area contributed by atoms with Crippen LogP contribution in [0.5, 0.6) is 5.75 Å². The SMILES string of the molecule is O=C1NC(=O)/C(=C/c2ccc(OCc3ccc(C(F)(F)F)cc3)c(-c3ccccc3)c2)S1. The Morgan fingerprint density at radius 2 is 1.66 bits per heavy atom. The van der Waals surface area contributed by atoms with E-state index in [0.29, 0.717) is 21.8 Å². The topological polar surface area (TPSA) is 55.4 Å². The Morgan fingerprint density at radius 3 is 2.28 bits per heavy atom. The monoisotopic (exact) mass is 455 g/mol. The van der Waals surface area contributed by atoms with Gasteiger partial charge in [-0.15, -0.1) is 0 Å². The van der Waals surface area contributed by atoms with E-state index in [1.165, 1.54) is 12.1 Å². The molecule has 1 aliphatic heterocycles. The van der Waals surface area contributed by atoms with Gasteiger partial charge < -0.3 is 4.74 Å². The Balaban J connectivity index is 1.61. The van der Waals surface area contributed by atoms with Crippen molar-refractivity contribution in [2.24, 2.45) is 0 Å². The van der Waals surface area contributed by atoms with Gasteiger partial charge in [-0.05, 0) is 58.8 Å². The number of thioether (sulfide) groups is 1. The highest BCUT2D eigenvalue weighted by Crippen LogP contribution is 2.34. The van der Waals surface area contributed by atoms with E-state index in [-0.39, 0.29) is 6.61 Å². The van der Waals surface area contributed by atoms with Crippen LogP contribution in [0.3, 0.4) is 0 Å². The van der Waals surface area contributed by atoms with Crippen molar-refractivity contribution in [3.05, 3.63) is 94.4 Å². The normalized spacial score (nSPS) is 15.2. The number of carbonyl (C=O) groups excluding carboxylic acids is 2. The van der Waals surface area contributed by atoms with E-state index in [1.807, 2.05) is 36.4 Å². The fourth-order valence-corrected chi connectivity index (χ4v) is 3.81. The molecule has 0 radical (unpaired) electrons. The maximum atomic E-state index is 12.8. The van der Waals surface area contributed by atoms with Crippen LogP contribution in [0.1, 0.15) is 16.7 Å². The van der Waals surface area contributed by atoms with Gasteiger partial charge in [-0.2, -0.15) is 13.2 Å². The number of alkyl halides is 3. The molecule has 0 atom stereocenters. The van der Waals surface area contributed by atoms with Crippen LogP contribution in [0, 0.1) is 0 Å². The Hall–Kier alpha value is -3.52. The first-order chi connectivity index (χ1) is 15.3. The van der Waals surface area contributed by atoms with Gasteiger partial charge in [0.25, 0.3) is 11.1 Å². The molecule has 0 bridgehead atoms. The van der Waals surface area contributed by atoms with Gasteiger partial charge in [0.15, 0.2) is 0 Å². The molecule has 0 aromatic heterocycles. The fourth-order valence-electron chi connectivity index (χ4n) is 3.13. The van der Waals surface area contributed by atoms with E-state index in [9.17, 15) is 22.8 Å². The van der Waals surface area contributed by atoms with Crippen molar-refractivity contribution in [1.29, 1.82) is 0 Å². The van der Waals surface area contributed by atoms with Crippen molar-refractivity contribution in [2.75, 3.05) is 0 Å². The average molecular weight is 455 g/mol. The lowest BCUT2D eigenvalue weighted by Crippen LogP contribution is -2.17. The Kier molecular flexibility index (Phi) is 6.05. The van der Waals surface area contributed by atoms with Gasteiger partial charge >= 0.3 is 6.18 Å². The highest BCUT2D eigenvalue weighted by Gasteiger charge is 2.30. The van der Waals surface area contributed by atoms with Crippen LogP contribution >= 0.6 is 11.8 Å². The van der Waals surface area contributed by atoms with E-state index in [1.54, 1.807) is 18.2 Å². The van der Waals surface area contributed by atoms with Crippen LogP contribution in [0.2, 0.25) is 0 Å². The van der Waals surface area contributed by atoms with Gasteiger partial charge in [-0.25, -0.2) is 0 Å². The number of benzene rings is 3. The first kappa shape index (κ1) is 21.7. The average Bonchev–Trinajstić information content (AvgIpc) is 3.09. The molecule has 0 aliphatic carbocycles. The number of amides is 2. The molecule has 2 amide bonds. The van der Waals surface area contributed by atoms with Crippen molar-refractivity contribution in [2.45, 2.75) is 12.8 Å². The number of halogens is 3. The lowest BCUT2D eigenvalue weighted by atomic mass is 10.0. The van der Waals surface area contributed by atoms with E-state index >= 15 is 0 Å². The van der Waals surface area contributed by atoms with Gasteiger partial charge in [0, 0.05) is 5.56 Å². The standard InChI is InChI=1S/C24H16F3NO3S/c25-24(26,27)18-9-6-15(7-10-18)14-31-20-11-8-16(13-21-22(29)28-23(30)32-21)12-19(20)17-4-2-1-3-5-17/h1-13H,14H2,(H,28,29,30)/b21-13-. The summed E-state index contributed by atoms with van der Waals surface area (Å²) in [6.45, 7) is 0.0885. The lowest BCUT2D eigenvalue weighted by Gasteiger charge is -2.14. The maximum absolute atomic E-state index is 12.8. The summed E-state index contributed by atoms with van der Waals surface area (Å²) >= 11 is 0.835. The fraction of sp³-hybridized carbons (Fsp3) is 0.0833. The molecule has 0 saturated carbocycles. The largest absolute Gasteiger partial charge is 0.488 e. The highest BCUT2D eigenvalue weighted by atomic mass is 32.2. The number of hydrogen-bond acceptors (Lipinski definition) is 4. The molecule has 4 rings (SSSR count). The van der Waals surface area contributed by atoms with Crippen LogP contribution < -0.4 is 10.1 Å². The molecule has 4 nitrogen and oxygen atoms in total. The number of rotatable bonds is 5. The van der Waals surface area contributed by atoms with E-state index < -0.39 is 22.9 Å². The molecule has 1 saturated heterocycles. The quantitative estimate of drug-likeness (QED) is 0.461. The van der Waals surface area contributed by atoms with Gasteiger partial charge in [-0.1, -0.05) is 48.5 Å². The number of imide groups is 1. The Bertz CT molecular complexity index is 1190. The summed E-state index contributed by atoms with van der Waals surface area (Å²) in [6, 6.07) is 19.6. The summed E-state index contributed by atoms with van der Waals surface area (Å²) in [5, 5.41) is 1.80. The summed E-state index contributed by atoms with van der Waals surface area (Å²) < 4.78 is 44.2. The lowest BCUT2D eigenvalue weighted by molar-refractivity contribution is -0.137. The number of carbonyl (C=O) groups is 2. The van der Waals surface area contributed by atoms with Crippen LogP contribution in [-0.2, 0) is 17.6 Å². The second-order valence-corrected chi connectivity index (χ2v) is 7.97. The Labute approximate surface area is 186 Å². The van der Waals surface area contributed by atoms with Crippen LogP contribution in [0.25, 0.3) is 17.2 Å². The van der Waals surface area contributed by atoms with Crippen molar-refractivity contribution in [3.8, 4) is 16.9 Å². The first-order valence-corrected chi connectivity index (χ1v) is 10.3. The van der Waals surface area contributed by atoms with Crippen molar-refractivity contribution in [3.63, 3.8) is 0 Å². The van der Waals surface area contributed by atoms with Gasteiger partial charge in [0.1, 0.15) is 12.4 Å². The number of hydrogen-bond donors (Lipinski definition) is 1. The molecule has 3 aromatic rings. The van der Waals surface area contributed by atoms with Crippen LogP contribution in [-0.4, -0.2) is 11.1 Å². The van der Waals surface area contributed by atoms with Crippen LogP contribution in [0.15, 0.2) is 77.7 Å². The predicted molar refractivity (Wildman–Crippen MR) is 117 cm³/mol. The molecule has 1 heterocycles. The van der Waals surface area contributed by atoms with Crippen molar-refractivity contribution >= 4 is 29.0 Å². The van der Waals surface area contributed by atoms with E-state index in [2.05, 4.69) is 5.32 Å². The number of ether oxygens (including phenoxy) is 1. The Morgan fingerprint density at radius 1 is 0.938 bits per heavy atom. The van der Waals surface area contributed by atoms with Gasteiger partial charge in [0.05, 0.1) is 10.5 Å². The smallest absolute Gasteiger partial charge is 0.416 e. The third-order valence-electron chi connectivity index (χ3n) is 4.70. The first-order valence-electron chi connectivity index (χ1n) is 9.53. The second-order valence-electron chi connectivity index (χ2n) is 6.96. The van der Waals surface area contributed by atoms with Crippen molar-refractivity contribution in [1.82, 2.24) is 5.32 Å². The minimum absolute atomic E-state index is 0.0885. The molecule has 1 fully saturated rings. The molecule has 0 spiro atoms. The summed E-state index contributed by atoms with van der Waals surface area (Å²) in [5.41, 5.74) is 2.21. The number of nitrogens with one attached hydrogen (secondary N) is 1. The molecule has 3 aromatic carbocycles. The third kappa shape index (κ3) is 5.03. The molecule has 1 aliphatic rings. The molecule has 0 unspecified atom stereocenters. The zero-order valence-electron chi connectivity index (χ0n) is 16.5. The summed E-state index contributed by atoms with van der Waals surface area (Å²) in [7, 11) is 0. The highest BCUT2D eigenvalue weighted by molar-refractivity contribution is 8.18. The second kappa shape index (κ2) is 8.92. The third-order valence-corrected chi connectivity index (χ3v) is 5.51. The zero-order valence-corrected chi connectivity index (χ0v) is 17.3. The molecule has 8 heteroatoms. The molecular formula is C24H16F3NO3S. The minimum Gasteiger partial charge on any atom is -0.488 e. The van der Waals surface area contributed by atoms with E-state index in [0.717, 1.165) is 35.0 Å². The molecule has 162 valence electrons. The maximum Gasteiger partial charge on any atom is 0.416 e. The van der Waals surface area contributed by atoms with Gasteiger partial charge in [-0.3, -0.25) is 14.9 Å². The molecule has 32 heavy (non-hydrogen) atoms. The van der Waals surface area contributed by atoms with Crippen LogP contribution in [0.4, 0.5) is 18.0 Å². The van der Waals surface area contributed by atoms with E-state index in [4.69, 9.17) is 4.74 Å². The predicted octanol–water partition coefficient (Wildman–Crippen LogP) is 6.28. The summed E-state index contributed by atoms with van der Waals surface area (Å²) in [6.07, 6.45) is -2.76. The summed E-state index contributed by atoms with van der Waals surface area (Å²) in [5.74, 6) is 0.0988. The van der Waals surface area contributed by atoms with Crippen molar-refractivity contribution < 1.29 is 27.5 Å². The minimum atomic E-state index is -4.39. The zero-order chi connectivity index (χ0) is 22.7. The molecule has 1 N–H and O–H groups in total. The summed E-state index contributed by atoms with van der Waals surface area (Å²) in [4.78, 5) is 23.5. The van der Waals surface area contributed by atoms with Gasteiger partial charge in [0.2, 0.25) is 0 Å².